The van der Waals surface area contributed by atoms with Crippen molar-refractivity contribution >= 4 is 11.9 Å². The highest BCUT2D eigenvalue weighted by Gasteiger charge is 2.37. The van der Waals surface area contributed by atoms with Crippen LogP contribution in [-0.4, -0.2) is 31.9 Å². The van der Waals surface area contributed by atoms with Crippen LogP contribution in [0.3, 0.4) is 0 Å². The SMILES string of the molecule is CC(NC(=O)c1cc(C(F)(F)F)cc(C(F)(F)F)c1)c1nccnc1-c1ccc(C(=O)O)cn1. The Kier molecular flexibility index (Phi) is 6.57. The Labute approximate surface area is 187 Å². The summed E-state index contributed by atoms with van der Waals surface area (Å²) in [7, 11) is 0. The lowest BCUT2D eigenvalue weighted by molar-refractivity contribution is -0.143. The van der Waals surface area contributed by atoms with E-state index in [2.05, 4.69) is 20.3 Å². The first-order valence-corrected chi connectivity index (χ1v) is 9.38. The number of amides is 1. The topological polar surface area (TPSA) is 105 Å². The number of halogens is 6. The molecule has 1 aromatic carbocycles. The number of pyridine rings is 1. The van der Waals surface area contributed by atoms with Crippen LogP contribution < -0.4 is 5.32 Å². The van der Waals surface area contributed by atoms with Gasteiger partial charge in [0.2, 0.25) is 0 Å². The van der Waals surface area contributed by atoms with Gasteiger partial charge in [0.1, 0.15) is 5.69 Å². The van der Waals surface area contributed by atoms with Crippen LogP contribution in [0.25, 0.3) is 11.4 Å². The Balaban J connectivity index is 1.93. The lowest BCUT2D eigenvalue weighted by Crippen LogP contribution is -2.28. The first-order chi connectivity index (χ1) is 15.8. The van der Waals surface area contributed by atoms with Crippen LogP contribution in [0.4, 0.5) is 26.3 Å². The van der Waals surface area contributed by atoms with E-state index in [-0.39, 0.29) is 28.7 Å². The van der Waals surface area contributed by atoms with Gasteiger partial charge in [-0.25, -0.2) is 4.79 Å². The monoisotopic (exact) mass is 484 g/mol. The Morgan fingerprint density at radius 1 is 0.882 bits per heavy atom. The molecule has 0 aliphatic heterocycles. The van der Waals surface area contributed by atoms with Gasteiger partial charge in [-0.2, -0.15) is 26.3 Å². The number of carboxylic acid groups (broad SMARTS) is 1. The number of aromatic nitrogens is 3. The maximum atomic E-state index is 13.1. The maximum absolute atomic E-state index is 13.1. The average Bonchev–Trinajstić information content (AvgIpc) is 2.77. The van der Waals surface area contributed by atoms with Gasteiger partial charge in [-0.05, 0) is 37.3 Å². The van der Waals surface area contributed by atoms with E-state index in [1.165, 1.54) is 31.5 Å². The molecule has 178 valence electrons. The molecule has 0 saturated heterocycles. The second-order valence-electron chi connectivity index (χ2n) is 7.02. The van der Waals surface area contributed by atoms with Crippen LogP contribution in [0, 0.1) is 0 Å². The fourth-order valence-electron chi connectivity index (χ4n) is 2.96. The highest BCUT2D eigenvalue weighted by Crippen LogP contribution is 2.36. The van der Waals surface area contributed by atoms with Crippen LogP contribution >= 0.6 is 0 Å². The van der Waals surface area contributed by atoms with E-state index in [1.807, 2.05) is 0 Å². The zero-order valence-corrected chi connectivity index (χ0v) is 17.1. The highest BCUT2D eigenvalue weighted by molar-refractivity contribution is 5.95. The number of carboxylic acids is 1. The zero-order valence-electron chi connectivity index (χ0n) is 17.1. The van der Waals surface area contributed by atoms with Gasteiger partial charge in [0.25, 0.3) is 5.91 Å². The molecule has 2 N–H and O–H groups in total. The van der Waals surface area contributed by atoms with Crippen molar-refractivity contribution in [3.05, 3.63) is 76.9 Å². The fourth-order valence-corrected chi connectivity index (χ4v) is 2.96. The summed E-state index contributed by atoms with van der Waals surface area (Å²) in [6.45, 7) is 1.40. The number of rotatable bonds is 5. The highest BCUT2D eigenvalue weighted by atomic mass is 19.4. The Morgan fingerprint density at radius 2 is 1.47 bits per heavy atom. The standard InChI is InChI=1S/C21H14F6N4O3/c1-10(16-17(29-5-4-28-16)15-3-2-11(9-30-15)19(33)34)31-18(32)12-6-13(20(22,23)24)8-14(7-12)21(25,26)27/h2-10H,1H3,(H,31,32)(H,33,34). The molecule has 0 saturated carbocycles. The van der Waals surface area contributed by atoms with Crippen molar-refractivity contribution in [1.29, 1.82) is 0 Å². The van der Waals surface area contributed by atoms with Gasteiger partial charge in [0, 0.05) is 24.2 Å². The van der Waals surface area contributed by atoms with Gasteiger partial charge in [0.05, 0.1) is 34.1 Å². The van der Waals surface area contributed by atoms with Crippen LogP contribution in [0.2, 0.25) is 0 Å². The minimum absolute atomic E-state index is 0.0760. The van der Waals surface area contributed by atoms with E-state index in [0.29, 0.717) is 12.1 Å². The summed E-state index contributed by atoms with van der Waals surface area (Å²) in [6, 6.07) is 2.15. The van der Waals surface area contributed by atoms with Crippen molar-refractivity contribution in [3.63, 3.8) is 0 Å². The van der Waals surface area contributed by atoms with Gasteiger partial charge in [-0.3, -0.25) is 19.7 Å². The van der Waals surface area contributed by atoms with Crippen molar-refractivity contribution in [2.75, 3.05) is 0 Å². The maximum Gasteiger partial charge on any atom is 0.416 e. The predicted octanol–water partition coefficient (Wildman–Crippen LogP) is 4.77. The third kappa shape index (κ3) is 5.47. The minimum Gasteiger partial charge on any atom is -0.478 e. The number of aromatic carboxylic acids is 1. The third-order valence-corrected chi connectivity index (χ3v) is 4.59. The van der Waals surface area contributed by atoms with Crippen LogP contribution in [-0.2, 0) is 12.4 Å². The molecule has 3 rings (SSSR count). The van der Waals surface area contributed by atoms with E-state index >= 15 is 0 Å². The molecule has 2 aromatic heterocycles. The van der Waals surface area contributed by atoms with E-state index in [4.69, 9.17) is 5.11 Å². The van der Waals surface area contributed by atoms with E-state index in [0.717, 1.165) is 6.20 Å². The van der Waals surface area contributed by atoms with Gasteiger partial charge in [-0.1, -0.05) is 0 Å². The second kappa shape index (κ2) is 9.08. The largest absolute Gasteiger partial charge is 0.478 e. The van der Waals surface area contributed by atoms with Gasteiger partial charge in [0.15, 0.2) is 0 Å². The predicted molar refractivity (Wildman–Crippen MR) is 105 cm³/mol. The molecule has 0 fully saturated rings. The van der Waals surface area contributed by atoms with Crippen LogP contribution in [0.15, 0.2) is 48.9 Å². The summed E-state index contributed by atoms with van der Waals surface area (Å²) in [5, 5.41) is 11.3. The Bertz CT molecular complexity index is 1190. The molecule has 0 radical (unpaired) electrons. The van der Waals surface area contributed by atoms with Gasteiger partial charge in [-0.15, -0.1) is 0 Å². The van der Waals surface area contributed by atoms with E-state index in [1.54, 1.807) is 0 Å². The van der Waals surface area contributed by atoms with Crippen molar-refractivity contribution in [3.8, 4) is 11.4 Å². The number of hydrogen-bond donors (Lipinski definition) is 2. The molecule has 3 aromatic rings. The first-order valence-electron chi connectivity index (χ1n) is 9.38. The van der Waals surface area contributed by atoms with Crippen LogP contribution in [0.1, 0.15) is 50.5 Å². The Morgan fingerprint density at radius 3 is 1.97 bits per heavy atom. The van der Waals surface area contributed by atoms with E-state index < -0.39 is 47.0 Å². The summed E-state index contributed by atoms with van der Waals surface area (Å²) in [6.07, 6.45) is -6.58. The smallest absolute Gasteiger partial charge is 0.416 e. The quantitative estimate of drug-likeness (QED) is 0.506. The molecule has 0 bridgehead atoms. The van der Waals surface area contributed by atoms with Crippen molar-refractivity contribution in [2.24, 2.45) is 0 Å². The number of benzene rings is 1. The average molecular weight is 484 g/mol. The first kappa shape index (κ1) is 24.6. The number of hydrogen-bond acceptors (Lipinski definition) is 5. The number of carbonyl (C=O) groups excluding carboxylic acids is 1. The molecule has 7 nitrogen and oxygen atoms in total. The molecular formula is C21H14F6N4O3. The summed E-state index contributed by atoms with van der Waals surface area (Å²) in [5.74, 6) is -2.41. The normalized spacial score (nSPS) is 12.8. The number of nitrogens with zero attached hydrogens (tertiary/aromatic N) is 3. The van der Waals surface area contributed by atoms with E-state index in [9.17, 15) is 35.9 Å². The summed E-state index contributed by atoms with van der Waals surface area (Å²) in [4.78, 5) is 35.7. The van der Waals surface area contributed by atoms with Crippen LogP contribution in [0.5, 0.6) is 0 Å². The molecule has 13 heteroatoms. The molecule has 0 aliphatic carbocycles. The molecule has 2 heterocycles. The molecule has 1 atom stereocenters. The summed E-state index contributed by atoms with van der Waals surface area (Å²) in [5.41, 5.74) is -3.76. The van der Waals surface area contributed by atoms with Gasteiger partial charge >= 0.3 is 18.3 Å². The van der Waals surface area contributed by atoms with Crippen molar-refractivity contribution < 1.29 is 41.0 Å². The molecule has 0 aliphatic rings. The second-order valence-corrected chi connectivity index (χ2v) is 7.02. The molecule has 0 spiro atoms. The van der Waals surface area contributed by atoms with Crippen molar-refractivity contribution in [2.45, 2.75) is 25.3 Å². The molecular weight excluding hydrogens is 470 g/mol. The number of alkyl halides is 6. The fraction of sp³-hybridized carbons (Fsp3) is 0.190. The molecule has 1 amide bonds. The van der Waals surface area contributed by atoms with Gasteiger partial charge < -0.3 is 10.4 Å². The minimum atomic E-state index is -5.10. The van der Waals surface area contributed by atoms with Crippen molar-refractivity contribution in [1.82, 2.24) is 20.3 Å². The number of carbonyl (C=O) groups is 2. The third-order valence-electron chi connectivity index (χ3n) is 4.59. The molecule has 1 unspecified atom stereocenters. The molecule has 34 heavy (non-hydrogen) atoms. The zero-order chi connectivity index (χ0) is 25.3. The lowest BCUT2D eigenvalue weighted by atomic mass is 10.0. The summed E-state index contributed by atoms with van der Waals surface area (Å²) >= 11 is 0. The lowest BCUT2D eigenvalue weighted by Gasteiger charge is -2.18. The summed E-state index contributed by atoms with van der Waals surface area (Å²) < 4.78 is 78.5. The number of nitrogens with one attached hydrogen (secondary N) is 1. The Hall–Kier alpha value is -4.03.